The number of hydrogen-bond donors (Lipinski definition) is 1. The van der Waals surface area contributed by atoms with Gasteiger partial charge in [0.05, 0.1) is 21.3 Å². The zero-order valence-electron chi connectivity index (χ0n) is 14.9. The van der Waals surface area contributed by atoms with Crippen LogP contribution in [0.3, 0.4) is 0 Å². The normalized spacial score (nSPS) is 11.7. The number of benzene rings is 1. The molecule has 0 aliphatic carbocycles. The summed E-state index contributed by atoms with van der Waals surface area (Å²) in [7, 11) is 4.64. The van der Waals surface area contributed by atoms with Gasteiger partial charge in [0.1, 0.15) is 6.04 Å². The molecule has 1 amide bonds. The Morgan fingerprint density at radius 1 is 1.12 bits per heavy atom. The molecular weight excluding hydrogens is 340 g/mol. The molecule has 2 rings (SSSR count). The first kappa shape index (κ1) is 19.1. The van der Waals surface area contributed by atoms with Crippen LogP contribution >= 0.6 is 11.8 Å². The summed E-state index contributed by atoms with van der Waals surface area (Å²) in [4.78, 5) is 12.8. The largest absolute Gasteiger partial charge is 0.493 e. The van der Waals surface area contributed by atoms with Crippen LogP contribution in [0.15, 0.2) is 36.7 Å². The van der Waals surface area contributed by atoms with Gasteiger partial charge in [-0.05, 0) is 30.6 Å². The maximum absolute atomic E-state index is 12.8. The van der Waals surface area contributed by atoms with E-state index in [9.17, 15) is 4.79 Å². The second kappa shape index (κ2) is 9.27. The number of amides is 1. The lowest BCUT2D eigenvalue weighted by Crippen LogP contribution is -2.26. The number of carbonyl (C=O) groups is 1. The molecule has 0 aliphatic rings. The van der Waals surface area contributed by atoms with E-state index in [1.165, 1.54) is 0 Å². The predicted molar refractivity (Wildman–Crippen MR) is 101 cm³/mol. The van der Waals surface area contributed by atoms with Crippen molar-refractivity contribution in [2.45, 2.75) is 12.5 Å². The van der Waals surface area contributed by atoms with Crippen molar-refractivity contribution in [1.82, 2.24) is 4.57 Å². The number of anilines is 1. The summed E-state index contributed by atoms with van der Waals surface area (Å²) in [5, 5.41) is 2.96. The van der Waals surface area contributed by atoms with Gasteiger partial charge < -0.3 is 24.1 Å². The molecule has 1 N–H and O–H groups in total. The highest BCUT2D eigenvalue weighted by Gasteiger charge is 2.21. The Kier molecular flexibility index (Phi) is 7.06. The Labute approximate surface area is 152 Å². The van der Waals surface area contributed by atoms with Crippen molar-refractivity contribution in [3.05, 3.63) is 36.7 Å². The van der Waals surface area contributed by atoms with Crippen LogP contribution in [0.2, 0.25) is 0 Å². The van der Waals surface area contributed by atoms with E-state index in [1.807, 2.05) is 35.3 Å². The lowest BCUT2D eigenvalue weighted by Gasteiger charge is -2.19. The molecule has 1 aromatic heterocycles. The molecule has 0 aliphatic heterocycles. The molecule has 1 atom stereocenters. The molecule has 0 bridgehead atoms. The summed E-state index contributed by atoms with van der Waals surface area (Å²) in [6, 6.07) is 7.00. The summed E-state index contributed by atoms with van der Waals surface area (Å²) < 4.78 is 17.9. The monoisotopic (exact) mass is 364 g/mol. The van der Waals surface area contributed by atoms with Crippen LogP contribution in [-0.2, 0) is 4.79 Å². The van der Waals surface area contributed by atoms with Crippen molar-refractivity contribution in [1.29, 1.82) is 0 Å². The molecule has 0 saturated carbocycles. The van der Waals surface area contributed by atoms with Gasteiger partial charge >= 0.3 is 0 Å². The third-order valence-corrected chi connectivity index (χ3v) is 4.46. The Balaban J connectivity index is 2.25. The molecule has 0 saturated heterocycles. The molecular formula is C18H24N2O4S. The Morgan fingerprint density at radius 3 is 2.20 bits per heavy atom. The average Bonchev–Trinajstić information content (AvgIpc) is 3.15. The molecule has 2 aromatic rings. The van der Waals surface area contributed by atoms with E-state index >= 15 is 0 Å². The lowest BCUT2D eigenvalue weighted by atomic mass is 10.2. The first-order chi connectivity index (χ1) is 12.1. The zero-order valence-corrected chi connectivity index (χ0v) is 15.8. The second-order valence-corrected chi connectivity index (χ2v) is 6.32. The highest BCUT2D eigenvalue weighted by atomic mass is 32.2. The van der Waals surface area contributed by atoms with E-state index in [2.05, 4.69) is 5.32 Å². The Morgan fingerprint density at radius 2 is 1.72 bits per heavy atom. The SMILES string of the molecule is COc1cc(NC(=O)[C@H](CCSC)n2cccc2)cc(OC)c1OC. The fourth-order valence-electron chi connectivity index (χ4n) is 2.58. The molecule has 0 spiro atoms. The number of thioether (sulfide) groups is 1. The first-order valence-corrected chi connectivity index (χ1v) is 9.26. The third-order valence-electron chi connectivity index (χ3n) is 3.82. The topological polar surface area (TPSA) is 61.7 Å². The summed E-state index contributed by atoms with van der Waals surface area (Å²) in [5.41, 5.74) is 0.598. The van der Waals surface area contributed by atoms with Gasteiger partial charge in [0.25, 0.3) is 0 Å². The zero-order chi connectivity index (χ0) is 18.2. The van der Waals surface area contributed by atoms with Gasteiger partial charge in [-0.3, -0.25) is 4.79 Å². The molecule has 25 heavy (non-hydrogen) atoms. The lowest BCUT2D eigenvalue weighted by molar-refractivity contribution is -0.119. The first-order valence-electron chi connectivity index (χ1n) is 7.86. The van der Waals surface area contributed by atoms with Crippen LogP contribution in [0, 0.1) is 0 Å². The predicted octanol–water partition coefficient (Wildman–Crippen LogP) is 3.45. The van der Waals surface area contributed by atoms with Crippen LogP contribution in [0.1, 0.15) is 12.5 Å². The molecule has 0 unspecified atom stereocenters. The van der Waals surface area contributed by atoms with Crippen LogP contribution in [0.5, 0.6) is 17.2 Å². The minimum atomic E-state index is -0.276. The van der Waals surface area contributed by atoms with Crippen molar-refractivity contribution in [3.8, 4) is 17.2 Å². The van der Waals surface area contributed by atoms with Gasteiger partial charge in [-0.25, -0.2) is 0 Å². The van der Waals surface area contributed by atoms with Gasteiger partial charge in [-0.1, -0.05) is 0 Å². The number of methoxy groups -OCH3 is 3. The highest BCUT2D eigenvalue weighted by molar-refractivity contribution is 7.98. The molecule has 1 heterocycles. The van der Waals surface area contributed by atoms with Crippen molar-refractivity contribution in [2.75, 3.05) is 38.7 Å². The number of nitrogens with one attached hydrogen (secondary N) is 1. The number of aromatic nitrogens is 1. The van der Waals surface area contributed by atoms with Crippen molar-refractivity contribution < 1.29 is 19.0 Å². The standard InChI is InChI=1S/C18H24N2O4S/c1-22-15-11-13(12-16(23-2)17(15)24-3)19-18(21)14(7-10-25-4)20-8-5-6-9-20/h5-6,8-9,11-12,14H,7,10H2,1-4H3,(H,19,21)/t14-/m0/s1. The van der Waals surface area contributed by atoms with Gasteiger partial charge in [0.15, 0.2) is 11.5 Å². The summed E-state index contributed by atoms with van der Waals surface area (Å²) >= 11 is 1.72. The van der Waals surface area contributed by atoms with E-state index in [-0.39, 0.29) is 11.9 Å². The highest BCUT2D eigenvalue weighted by Crippen LogP contribution is 2.40. The van der Waals surface area contributed by atoms with Crippen LogP contribution in [0.25, 0.3) is 0 Å². The van der Waals surface area contributed by atoms with Gasteiger partial charge in [0.2, 0.25) is 11.7 Å². The maximum atomic E-state index is 12.8. The fraction of sp³-hybridized carbons (Fsp3) is 0.389. The number of hydrogen-bond acceptors (Lipinski definition) is 5. The van der Waals surface area contributed by atoms with E-state index in [0.717, 1.165) is 12.2 Å². The summed E-state index contributed by atoms with van der Waals surface area (Å²) in [6.07, 6.45) is 6.58. The fourth-order valence-corrected chi connectivity index (χ4v) is 3.04. The molecule has 0 fully saturated rings. The molecule has 136 valence electrons. The molecule has 6 nitrogen and oxygen atoms in total. The van der Waals surface area contributed by atoms with Gasteiger partial charge in [-0.15, -0.1) is 0 Å². The number of carbonyl (C=O) groups excluding carboxylic acids is 1. The molecule has 7 heteroatoms. The van der Waals surface area contributed by atoms with Crippen LogP contribution in [0.4, 0.5) is 5.69 Å². The van der Waals surface area contributed by atoms with E-state index in [4.69, 9.17) is 14.2 Å². The average molecular weight is 364 g/mol. The Hall–Kier alpha value is -2.28. The van der Waals surface area contributed by atoms with Crippen molar-refractivity contribution in [3.63, 3.8) is 0 Å². The summed E-state index contributed by atoms with van der Waals surface area (Å²) in [6.45, 7) is 0. The van der Waals surface area contributed by atoms with Crippen molar-refractivity contribution in [2.24, 2.45) is 0 Å². The number of ether oxygens (including phenoxy) is 3. The second-order valence-electron chi connectivity index (χ2n) is 5.33. The number of nitrogens with zero attached hydrogens (tertiary/aromatic N) is 1. The van der Waals surface area contributed by atoms with Crippen LogP contribution in [-0.4, -0.2) is 43.8 Å². The number of rotatable bonds is 9. The minimum Gasteiger partial charge on any atom is -0.493 e. The smallest absolute Gasteiger partial charge is 0.247 e. The van der Waals surface area contributed by atoms with E-state index in [1.54, 1.807) is 45.2 Å². The van der Waals surface area contributed by atoms with E-state index < -0.39 is 0 Å². The van der Waals surface area contributed by atoms with Gasteiger partial charge in [-0.2, -0.15) is 11.8 Å². The van der Waals surface area contributed by atoms with Gasteiger partial charge in [0, 0.05) is 30.2 Å². The maximum Gasteiger partial charge on any atom is 0.247 e. The molecule has 0 radical (unpaired) electrons. The Bertz CT molecular complexity index is 663. The van der Waals surface area contributed by atoms with Crippen molar-refractivity contribution >= 4 is 23.4 Å². The third kappa shape index (κ3) is 4.63. The van der Waals surface area contributed by atoms with Crippen LogP contribution < -0.4 is 19.5 Å². The quantitative estimate of drug-likeness (QED) is 0.738. The minimum absolute atomic E-state index is 0.0838. The van der Waals surface area contributed by atoms with E-state index in [0.29, 0.717) is 22.9 Å². The molecule has 1 aromatic carbocycles. The summed E-state index contributed by atoms with van der Waals surface area (Å²) in [5.74, 6) is 2.30.